The van der Waals surface area contributed by atoms with Gasteiger partial charge in [-0.2, -0.15) is 0 Å². The fourth-order valence-electron chi connectivity index (χ4n) is 0.776. The maximum atomic E-state index is 11.6. The molecule has 0 bridgehead atoms. The van der Waals surface area contributed by atoms with Gasteiger partial charge >= 0.3 is 0 Å². The highest BCUT2D eigenvalue weighted by atomic mass is 32.2. The molecule has 0 saturated heterocycles. The average molecular weight is 221 g/mol. The largest absolute Gasteiger partial charge is 0.288 e. The van der Waals surface area contributed by atoms with Gasteiger partial charge in [0, 0.05) is 11.9 Å². The van der Waals surface area contributed by atoms with E-state index in [1.165, 1.54) is 25.5 Å². The molecule has 1 aromatic rings. The first-order valence-corrected chi connectivity index (χ1v) is 5.83. The second-order valence-electron chi connectivity index (χ2n) is 2.46. The first-order valence-electron chi connectivity index (χ1n) is 3.58. The Hall–Kier alpha value is -0.430. The van der Waals surface area contributed by atoms with E-state index < -0.39 is 10.0 Å². The quantitative estimate of drug-likeness (QED) is 0.721. The summed E-state index contributed by atoms with van der Waals surface area (Å²) in [5.74, 6) is 0. The second kappa shape index (κ2) is 3.75. The molecule has 0 unspecified atom stereocenters. The van der Waals surface area contributed by atoms with Crippen molar-refractivity contribution in [1.82, 2.24) is 4.47 Å². The van der Waals surface area contributed by atoms with Crippen LogP contribution in [0.5, 0.6) is 0 Å². The molecule has 0 atom stereocenters. The summed E-state index contributed by atoms with van der Waals surface area (Å²) in [4.78, 5) is 5.59. The third kappa shape index (κ3) is 2.08. The maximum absolute atomic E-state index is 11.6. The van der Waals surface area contributed by atoms with Crippen LogP contribution in [0.3, 0.4) is 0 Å². The van der Waals surface area contributed by atoms with Gasteiger partial charge in [-0.15, -0.1) is 11.3 Å². The Morgan fingerprint density at radius 2 is 2.08 bits per heavy atom. The normalized spacial score (nSPS) is 12.3. The molecule has 0 N–H and O–H groups in total. The molecule has 74 valence electrons. The maximum Gasteiger partial charge on any atom is 0.274 e. The van der Waals surface area contributed by atoms with Crippen molar-refractivity contribution in [3.8, 4) is 0 Å². The van der Waals surface area contributed by atoms with Crippen LogP contribution < -0.4 is 0 Å². The predicted octanol–water partition coefficient (Wildman–Crippen LogP) is 1.24. The minimum absolute atomic E-state index is 0.300. The lowest BCUT2D eigenvalue weighted by Gasteiger charge is -2.11. The van der Waals surface area contributed by atoms with Crippen molar-refractivity contribution in [1.29, 1.82) is 0 Å². The molecule has 1 aromatic heterocycles. The molecular weight excluding hydrogens is 210 g/mol. The van der Waals surface area contributed by atoms with E-state index in [1.54, 1.807) is 12.1 Å². The molecule has 0 saturated carbocycles. The number of hydrogen-bond donors (Lipinski definition) is 0. The minimum atomic E-state index is -3.44. The summed E-state index contributed by atoms with van der Waals surface area (Å²) in [6.07, 6.45) is 0. The molecular formula is C7H11NO3S2. The summed E-state index contributed by atoms with van der Waals surface area (Å²) in [5.41, 5.74) is 0. The lowest BCUT2D eigenvalue weighted by molar-refractivity contribution is -0.0256. The summed E-state index contributed by atoms with van der Waals surface area (Å²) >= 11 is 1.23. The van der Waals surface area contributed by atoms with Crippen molar-refractivity contribution in [2.45, 2.75) is 11.1 Å². The molecule has 4 nitrogen and oxygen atoms in total. The summed E-state index contributed by atoms with van der Waals surface area (Å²) in [6.45, 7) is 1.86. The Morgan fingerprint density at radius 1 is 1.46 bits per heavy atom. The first-order chi connectivity index (χ1) is 5.98. The van der Waals surface area contributed by atoms with Crippen LogP contribution in [0.1, 0.15) is 4.88 Å². The highest BCUT2D eigenvalue weighted by Gasteiger charge is 2.21. The molecule has 0 radical (unpaired) electrons. The van der Waals surface area contributed by atoms with E-state index in [0.717, 1.165) is 9.35 Å². The Balaban J connectivity index is 3.08. The Labute approximate surface area is 81.8 Å². The van der Waals surface area contributed by atoms with Gasteiger partial charge in [0.05, 0.1) is 7.11 Å². The molecule has 0 amide bonds. The standard InChI is InChI=1S/C7H11NO3S2/c1-6-4-5-7(12-6)13(9,10)8(2)11-3/h4-5H,1-3H3. The summed E-state index contributed by atoms with van der Waals surface area (Å²) in [7, 11) is -0.756. The van der Waals surface area contributed by atoms with Gasteiger partial charge in [-0.1, -0.05) is 4.47 Å². The van der Waals surface area contributed by atoms with Crippen LogP contribution in [-0.2, 0) is 14.9 Å². The van der Waals surface area contributed by atoms with Gasteiger partial charge in [-0.25, -0.2) is 8.42 Å². The van der Waals surface area contributed by atoms with Crippen molar-refractivity contribution in [2.24, 2.45) is 0 Å². The molecule has 1 rings (SSSR count). The third-order valence-corrected chi connectivity index (χ3v) is 4.71. The van der Waals surface area contributed by atoms with E-state index in [9.17, 15) is 8.42 Å². The molecule has 0 aliphatic carbocycles. The number of hydroxylamine groups is 1. The molecule has 0 fully saturated rings. The highest BCUT2D eigenvalue weighted by molar-refractivity contribution is 7.91. The van der Waals surface area contributed by atoms with Crippen LogP contribution in [0.4, 0.5) is 0 Å². The van der Waals surface area contributed by atoms with E-state index in [-0.39, 0.29) is 0 Å². The fraction of sp³-hybridized carbons (Fsp3) is 0.429. The highest BCUT2D eigenvalue weighted by Crippen LogP contribution is 2.23. The Bertz CT molecular complexity index is 382. The van der Waals surface area contributed by atoms with Crippen LogP contribution in [0.25, 0.3) is 0 Å². The van der Waals surface area contributed by atoms with Crippen molar-refractivity contribution in [3.05, 3.63) is 17.0 Å². The second-order valence-corrected chi connectivity index (χ2v) is 5.91. The molecule has 6 heteroatoms. The zero-order chi connectivity index (χ0) is 10.1. The Morgan fingerprint density at radius 3 is 2.46 bits per heavy atom. The smallest absolute Gasteiger partial charge is 0.274 e. The van der Waals surface area contributed by atoms with Gasteiger partial charge < -0.3 is 0 Å². The van der Waals surface area contributed by atoms with E-state index in [2.05, 4.69) is 4.84 Å². The lowest BCUT2D eigenvalue weighted by atomic mass is 10.5. The number of thiophene rings is 1. The monoisotopic (exact) mass is 221 g/mol. The summed E-state index contributed by atoms with van der Waals surface area (Å²) in [6, 6.07) is 3.34. The van der Waals surface area contributed by atoms with Crippen molar-refractivity contribution in [3.63, 3.8) is 0 Å². The van der Waals surface area contributed by atoms with Gasteiger partial charge in [0.1, 0.15) is 4.21 Å². The molecule has 0 spiro atoms. The zero-order valence-electron chi connectivity index (χ0n) is 7.64. The van der Waals surface area contributed by atoms with Gasteiger partial charge in [-0.05, 0) is 19.1 Å². The lowest BCUT2D eigenvalue weighted by Crippen LogP contribution is -2.24. The van der Waals surface area contributed by atoms with E-state index >= 15 is 0 Å². The van der Waals surface area contributed by atoms with Crippen molar-refractivity contribution in [2.75, 3.05) is 14.2 Å². The van der Waals surface area contributed by atoms with Gasteiger partial charge in [0.15, 0.2) is 0 Å². The zero-order valence-corrected chi connectivity index (χ0v) is 9.28. The SMILES string of the molecule is CON(C)S(=O)(=O)c1ccc(C)s1. The van der Waals surface area contributed by atoms with E-state index in [1.807, 2.05) is 6.92 Å². The fourth-order valence-corrected chi connectivity index (χ4v) is 3.19. The number of nitrogens with zero attached hydrogens (tertiary/aromatic N) is 1. The molecule has 13 heavy (non-hydrogen) atoms. The molecule has 1 heterocycles. The van der Waals surface area contributed by atoms with Crippen LogP contribution >= 0.6 is 11.3 Å². The van der Waals surface area contributed by atoms with Crippen LogP contribution in [0, 0.1) is 6.92 Å². The number of aryl methyl sites for hydroxylation is 1. The van der Waals surface area contributed by atoms with Gasteiger partial charge in [0.2, 0.25) is 0 Å². The third-order valence-electron chi connectivity index (χ3n) is 1.57. The van der Waals surface area contributed by atoms with Gasteiger partial charge in [0.25, 0.3) is 10.0 Å². The predicted molar refractivity (Wildman–Crippen MR) is 51.0 cm³/mol. The number of rotatable bonds is 3. The molecule has 0 aliphatic heterocycles. The average Bonchev–Trinajstić information content (AvgIpc) is 2.50. The van der Waals surface area contributed by atoms with Gasteiger partial charge in [-0.3, -0.25) is 4.84 Å². The minimum Gasteiger partial charge on any atom is -0.288 e. The topological polar surface area (TPSA) is 46.6 Å². The van der Waals surface area contributed by atoms with Crippen LogP contribution in [0.2, 0.25) is 0 Å². The van der Waals surface area contributed by atoms with Crippen LogP contribution in [0.15, 0.2) is 16.3 Å². The van der Waals surface area contributed by atoms with Crippen LogP contribution in [-0.4, -0.2) is 27.0 Å². The van der Waals surface area contributed by atoms with E-state index in [4.69, 9.17) is 0 Å². The first kappa shape index (κ1) is 10.6. The molecule has 0 aliphatic rings. The Kier molecular flexibility index (Phi) is 3.07. The summed E-state index contributed by atoms with van der Waals surface area (Å²) in [5, 5.41) is 0. The van der Waals surface area contributed by atoms with Crippen molar-refractivity contribution >= 4 is 21.4 Å². The summed E-state index contributed by atoms with van der Waals surface area (Å²) < 4.78 is 24.3. The van der Waals surface area contributed by atoms with Crippen molar-refractivity contribution < 1.29 is 13.3 Å². The molecule has 0 aromatic carbocycles. The number of hydrogen-bond acceptors (Lipinski definition) is 4. The number of sulfonamides is 1. The van der Waals surface area contributed by atoms with E-state index in [0.29, 0.717) is 4.21 Å².